The molecule has 1 N–H and O–H groups in total. The van der Waals surface area contributed by atoms with Crippen molar-refractivity contribution in [3.8, 4) is 5.75 Å². The van der Waals surface area contributed by atoms with Crippen LogP contribution in [0.4, 0.5) is 0 Å². The van der Waals surface area contributed by atoms with Crippen molar-refractivity contribution in [2.45, 2.75) is 18.2 Å². The maximum Gasteiger partial charge on any atom is 0.316 e. The molecule has 26 heavy (non-hydrogen) atoms. The van der Waals surface area contributed by atoms with Gasteiger partial charge in [0.1, 0.15) is 5.75 Å². The number of amides is 1. The highest BCUT2D eigenvalue weighted by Gasteiger charge is 2.08. The maximum atomic E-state index is 11.8. The number of esters is 1. The zero-order valence-electron chi connectivity index (χ0n) is 15.0. The summed E-state index contributed by atoms with van der Waals surface area (Å²) < 4.78 is 10.1. The number of benzene rings is 2. The summed E-state index contributed by atoms with van der Waals surface area (Å²) in [6.07, 6.45) is 0.750. The highest BCUT2D eigenvalue weighted by atomic mass is 32.2. The van der Waals surface area contributed by atoms with E-state index in [1.807, 2.05) is 55.5 Å². The Morgan fingerprint density at radius 3 is 2.50 bits per heavy atom. The van der Waals surface area contributed by atoms with Gasteiger partial charge >= 0.3 is 5.97 Å². The third kappa shape index (κ3) is 6.80. The van der Waals surface area contributed by atoms with Crippen LogP contribution in [0.3, 0.4) is 0 Å². The first-order valence-corrected chi connectivity index (χ1v) is 9.30. The van der Waals surface area contributed by atoms with Crippen LogP contribution in [0.25, 0.3) is 0 Å². The van der Waals surface area contributed by atoms with Gasteiger partial charge in [-0.15, -0.1) is 11.8 Å². The summed E-state index contributed by atoms with van der Waals surface area (Å²) in [7, 11) is 1.60. The Bertz CT molecular complexity index is 731. The van der Waals surface area contributed by atoms with Crippen molar-refractivity contribution < 1.29 is 19.1 Å². The summed E-state index contributed by atoms with van der Waals surface area (Å²) in [5.41, 5.74) is 2.39. The van der Waals surface area contributed by atoms with E-state index in [1.54, 1.807) is 7.11 Å². The van der Waals surface area contributed by atoms with Gasteiger partial charge < -0.3 is 14.8 Å². The Morgan fingerprint density at radius 2 is 1.81 bits per heavy atom. The smallest absolute Gasteiger partial charge is 0.316 e. The molecule has 0 heterocycles. The van der Waals surface area contributed by atoms with Gasteiger partial charge in [0.05, 0.1) is 12.9 Å². The Hall–Kier alpha value is -2.47. The van der Waals surface area contributed by atoms with Crippen LogP contribution in [-0.4, -0.2) is 37.9 Å². The lowest BCUT2D eigenvalue weighted by Crippen LogP contribution is -2.30. The van der Waals surface area contributed by atoms with Crippen LogP contribution in [0.5, 0.6) is 5.75 Å². The van der Waals surface area contributed by atoms with Crippen molar-refractivity contribution in [2.75, 3.05) is 26.0 Å². The number of carbonyl (C=O) groups is 2. The van der Waals surface area contributed by atoms with Gasteiger partial charge in [0.15, 0.2) is 6.61 Å². The summed E-state index contributed by atoms with van der Waals surface area (Å²) in [4.78, 5) is 24.4. The Kier molecular flexibility index (Phi) is 8.02. The molecule has 0 aliphatic carbocycles. The summed E-state index contributed by atoms with van der Waals surface area (Å²) in [5.74, 6) is 0.212. The maximum absolute atomic E-state index is 11.8. The van der Waals surface area contributed by atoms with Crippen molar-refractivity contribution in [2.24, 2.45) is 0 Å². The van der Waals surface area contributed by atoms with Crippen LogP contribution < -0.4 is 10.1 Å². The fourth-order valence-corrected chi connectivity index (χ4v) is 2.98. The van der Waals surface area contributed by atoms with Gasteiger partial charge in [-0.1, -0.05) is 24.3 Å². The summed E-state index contributed by atoms with van der Waals surface area (Å²) in [6, 6.07) is 15.4. The Labute approximate surface area is 158 Å². The SMILES string of the molecule is COc1ccc(SCC(=O)OCC(=O)NCCc2ccccc2C)cc1. The molecule has 0 fully saturated rings. The van der Waals surface area contributed by atoms with Gasteiger partial charge in [0.25, 0.3) is 5.91 Å². The fourth-order valence-electron chi connectivity index (χ4n) is 2.28. The minimum absolute atomic E-state index is 0.156. The number of hydrogen-bond acceptors (Lipinski definition) is 5. The molecule has 5 nitrogen and oxygen atoms in total. The lowest BCUT2D eigenvalue weighted by atomic mass is 10.1. The van der Waals surface area contributed by atoms with E-state index in [2.05, 4.69) is 5.32 Å². The summed E-state index contributed by atoms with van der Waals surface area (Å²) in [5, 5.41) is 2.76. The number of ether oxygens (including phenoxy) is 2. The quantitative estimate of drug-likeness (QED) is 0.541. The van der Waals surface area contributed by atoms with Crippen LogP contribution in [0, 0.1) is 6.92 Å². The van der Waals surface area contributed by atoms with E-state index in [1.165, 1.54) is 22.9 Å². The summed E-state index contributed by atoms with van der Waals surface area (Å²) >= 11 is 1.35. The van der Waals surface area contributed by atoms with Gasteiger partial charge in [-0.3, -0.25) is 9.59 Å². The fraction of sp³-hybridized carbons (Fsp3) is 0.300. The average molecular weight is 373 g/mol. The molecule has 0 aliphatic heterocycles. The number of thioether (sulfide) groups is 1. The third-order valence-corrected chi connectivity index (χ3v) is 4.74. The molecule has 2 rings (SSSR count). The molecular formula is C20H23NO4S. The van der Waals surface area contributed by atoms with Crippen molar-refractivity contribution in [3.63, 3.8) is 0 Å². The first-order valence-electron chi connectivity index (χ1n) is 8.32. The lowest BCUT2D eigenvalue weighted by molar-refractivity contribution is -0.145. The molecule has 138 valence electrons. The Morgan fingerprint density at radius 1 is 1.08 bits per heavy atom. The standard InChI is InChI=1S/C20H23NO4S/c1-15-5-3-4-6-16(15)11-12-21-19(22)13-25-20(23)14-26-18-9-7-17(24-2)8-10-18/h3-10H,11-14H2,1-2H3,(H,21,22). The number of aryl methyl sites for hydroxylation is 1. The molecule has 0 radical (unpaired) electrons. The van der Waals surface area contributed by atoms with Crippen molar-refractivity contribution in [1.29, 1.82) is 0 Å². The van der Waals surface area contributed by atoms with Crippen LogP contribution in [0.15, 0.2) is 53.4 Å². The van der Waals surface area contributed by atoms with Gasteiger partial charge in [0, 0.05) is 11.4 Å². The molecule has 0 bridgehead atoms. The zero-order chi connectivity index (χ0) is 18.8. The van der Waals surface area contributed by atoms with Gasteiger partial charge in [-0.05, 0) is 48.7 Å². The average Bonchev–Trinajstić information content (AvgIpc) is 2.66. The predicted molar refractivity (Wildman–Crippen MR) is 103 cm³/mol. The largest absolute Gasteiger partial charge is 0.497 e. The normalized spacial score (nSPS) is 10.2. The second-order valence-corrected chi connectivity index (χ2v) is 6.70. The molecule has 0 aliphatic rings. The molecule has 0 spiro atoms. The van der Waals surface area contributed by atoms with Gasteiger partial charge in [-0.25, -0.2) is 0 Å². The number of methoxy groups -OCH3 is 1. The van der Waals surface area contributed by atoms with Crippen LogP contribution in [0.1, 0.15) is 11.1 Å². The molecule has 2 aromatic carbocycles. The molecule has 0 atom stereocenters. The minimum Gasteiger partial charge on any atom is -0.497 e. The highest BCUT2D eigenvalue weighted by molar-refractivity contribution is 8.00. The first kappa shape index (κ1) is 19.8. The molecule has 0 aromatic heterocycles. The monoisotopic (exact) mass is 373 g/mol. The number of rotatable bonds is 9. The van der Waals surface area contributed by atoms with Crippen molar-refractivity contribution in [1.82, 2.24) is 5.32 Å². The van der Waals surface area contributed by atoms with E-state index in [0.29, 0.717) is 6.54 Å². The number of hydrogen-bond donors (Lipinski definition) is 1. The molecular weight excluding hydrogens is 350 g/mol. The third-order valence-electron chi connectivity index (χ3n) is 3.76. The molecule has 6 heteroatoms. The van der Waals surface area contributed by atoms with E-state index in [4.69, 9.17) is 9.47 Å². The molecule has 0 saturated carbocycles. The van der Waals surface area contributed by atoms with Crippen molar-refractivity contribution in [3.05, 3.63) is 59.7 Å². The first-order chi connectivity index (χ1) is 12.6. The molecule has 1 amide bonds. The molecule has 0 unspecified atom stereocenters. The molecule has 2 aromatic rings. The topological polar surface area (TPSA) is 64.6 Å². The van der Waals surface area contributed by atoms with E-state index < -0.39 is 5.97 Å². The van der Waals surface area contributed by atoms with E-state index >= 15 is 0 Å². The van der Waals surface area contributed by atoms with E-state index in [9.17, 15) is 9.59 Å². The zero-order valence-corrected chi connectivity index (χ0v) is 15.8. The highest BCUT2D eigenvalue weighted by Crippen LogP contribution is 2.21. The van der Waals surface area contributed by atoms with Gasteiger partial charge in [0.2, 0.25) is 0 Å². The van der Waals surface area contributed by atoms with Crippen LogP contribution >= 0.6 is 11.8 Å². The second kappa shape index (κ2) is 10.5. The Balaban J connectivity index is 1.62. The van der Waals surface area contributed by atoms with E-state index in [-0.39, 0.29) is 18.3 Å². The van der Waals surface area contributed by atoms with Crippen LogP contribution in [0.2, 0.25) is 0 Å². The number of nitrogens with one attached hydrogen (secondary N) is 1. The van der Waals surface area contributed by atoms with Gasteiger partial charge in [-0.2, -0.15) is 0 Å². The van der Waals surface area contributed by atoms with Crippen LogP contribution in [-0.2, 0) is 20.7 Å². The predicted octanol–water partition coefficient (Wildman–Crippen LogP) is 3.00. The molecule has 0 saturated heterocycles. The summed E-state index contributed by atoms with van der Waals surface area (Å²) in [6.45, 7) is 2.30. The van der Waals surface area contributed by atoms with E-state index in [0.717, 1.165) is 17.1 Å². The minimum atomic E-state index is -0.417. The number of carbonyl (C=O) groups excluding carboxylic acids is 2. The van der Waals surface area contributed by atoms with Crippen molar-refractivity contribution >= 4 is 23.6 Å². The second-order valence-electron chi connectivity index (χ2n) is 5.65. The lowest BCUT2D eigenvalue weighted by Gasteiger charge is -2.08.